The second-order valence-electron chi connectivity index (χ2n) is 9.65. The molecular formula is C19H37O9PSi. The topological polar surface area (TPSA) is 90.9 Å². The quantitative estimate of drug-likeness (QED) is 0.389. The summed E-state index contributed by atoms with van der Waals surface area (Å²) in [7, 11) is -6.27. The molecule has 3 heterocycles. The van der Waals surface area contributed by atoms with E-state index in [0.717, 1.165) is 0 Å². The largest absolute Gasteiger partial charge is 0.397 e. The Hall–Kier alpha value is 0.127. The van der Waals surface area contributed by atoms with Crippen molar-refractivity contribution in [2.45, 2.75) is 103 Å². The SMILES string of the molecule is CCOP(=O)(OCC)[C@]1(O[Si](C)(C)C)[C@@H]([C@H]2COC(C)(C)O2)O[C@@H]2OC(C)(C)O[C@@H]21. The molecule has 0 spiro atoms. The van der Waals surface area contributed by atoms with Crippen LogP contribution in [0.2, 0.25) is 19.6 Å². The van der Waals surface area contributed by atoms with Crippen molar-refractivity contribution in [2.24, 2.45) is 0 Å². The van der Waals surface area contributed by atoms with E-state index in [1.807, 2.05) is 33.5 Å². The molecule has 9 nitrogen and oxygen atoms in total. The molecule has 5 atom stereocenters. The predicted octanol–water partition coefficient (Wildman–Crippen LogP) is 3.83. The van der Waals surface area contributed by atoms with Crippen molar-refractivity contribution < 1.29 is 41.7 Å². The van der Waals surface area contributed by atoms with Gasteiger partial charge in [-0.2, -0.15) is 0 Å². The zero-order valence-electron chi connectivity index (χ0n) is 19.6. The molecule has 0 aromatic rings. The van der Waals surface area contributed by atoms with Crippen LogP contribution in [0, 0.1) is 0 Å². The van der Waals surface area contributed by atoms with Crippen LogP contribution >= 0.6 is 7.60 Å². The highest BCUT2D eigenvalue weighted by molar-refractivity contribution is 7.55. The van der Waals surface area contributed by atoms with E-state index in [0.29, 0.717) is 0 Å². The summed E-state index contributed by atoms with van der Waals surface area (Å²) in [5.74, 6) is -1.75. The molecule has 0 saturated carbocycles. The van der Waals surface area contributed by atoms with E-state index in [9.17, 15) is 4.57 Å². The average Bonchev–Trinajstić information content (AvgIpc) is 3.16. The van der Waals surface area contributed by atoms with Gasteiger partial charge >= 0.3 is 7.60 Å². The first-order valence-corrected chi connectivity index (χ1v) is 15.6. The first-order valence-electron chi connectivity index (χ1n) is 10.6. The summed E-state index contributed by atoms with van der Waals surface area (Å²) in [6.45, 7) is 17.4. The molecule has 0 N–H and O–H groups in total. The Labute approximate surface area is 180 Å². The highest BCUT2D eigenvalue weighted by atomic mass is 31.2. The van der Waals surface area contributed by atoms with E-state index in [-0.39, 0.29) is 19.8 Å². The van der Waals surface area contributed by atoms with Crippen LogP contribution < -0.4 is 0 Å². The van der Waals surface area contributed by atoms with Crippen molar-refractivity contribution in [3.63, 3.8) is 0 Å². The third kappa shape index (κ3) is 4.46. The van der Waals surface area contributed by atoms with Crippen molar-refractivity contribution >= 4 is 15.9 Å². The summed E-state index contributed by atoms with van der Waals surface area (Å²) in [5, 5.41) is -1.56. The lowest BCUT2D eigenvalue weighted by atomic mass is 10.1. The fraction of sp³-hybridized carbons (Fsp3) is 1.00. The first kappa shape index (κ1) is 24.8. The van der Waals surface area contributed by atoms with Gasteiger partial charge in [0.15, 0.2) is 32.3 Å². The highest BCUT2D eigenvalue weighted by Crippen LogP contribution is 2.70. The van der Waals surface area contributed by atoms with E-state index < -0.39 is 57.4 Å². The van der Waals surface area contributed by atoms with Gasteiger partial charge in [-0.25, -0.2) is 0 Å². The van der Waals surface area contributed by atoms with E-state index in [4.69, 9.17) is 37.2 Å². The van der Waals surface area contributed by atoms with Crippen molar-refractivity contribution in [3.05, 3.63) is 0 Å². The average molecular weight is 469 g/mol. The van der Waals surface area contributed by atoms with E-state index in [1.165, 1.54) is 0 Å². The van der Waals surface area contributed by atoms with Crippen molar-refractivity contribution in [3.8, 4) is 0 Å². The van der Waals surface area contributed by atoms with Crippen LogP contribution in [-0.4, -0.2) is 69.7 Å². The van der Waals surface area contributed by atoms with Crippen molar-refractivity contribution in [1.29, 1.82) is 0 Å². The molecule has 0 radical (unpaired) electrons. The van der Waals surface area contributed by atoms with Crippen LogP contribution in [0.4, 0.5) is 0 Å². The normalized spacial score (nSPS) is 38.2. The molecule has 30 heavy (non-hydrogen) atoms. The molecule has 0 aliphatic carbocycles. The fourth-order valence-corrected chi connectivity index (χ4v) is 8.95. The standard InChI is InChI=1S/C19H37O9PSi/c1-10-22-29(20,23-11-2)19(28-30(7,8)9)14(13-12-21-17(3,4)25-13)24-16-15(19)26-18(5,6)27-16/h13-16H,10-12H2,1-9H3/t13-,14-,15+,16-,19-/m1/s1. The van der Waals surface area contributed by atoms with Crippen molar-refractivity contribution in [2.75, 3.05) is 19.8 Å². The van der Waals surface area contributed by atoms with Gasteiger partial charge in [-0.15, -0.1) is 0 Å². The van der Waals surface area contributed by atoms with Gasteiger partial charge in [-0.1, -0.05) is 0 Å². The third-order valence-corrected chi connectivity index (χ3v) is 8.79. The lowest BCUT2D eigenvalue weighted by molar-refractivity contribution is -0.237. The summed E-state index contributed by atoms with van der Waals surface area (Å²) >= 11 is 0. The van der Waals surface area contributed by atoms with Crippen LogP contribution in [0.5, 0.6) is 0 Å². The molecule has 3 rings (SSSR count). The Balaban J connectivity index is 2.16. The second kappa shape index (κ2) is 8.16. The van der Waals surface area contributed by atoms with Crippen LogP contribution in [0.15, 0.2) is 0 Å². The van der Waals surface area contributed by atoms with Crippen LogP contribution in [0.3, 0.4) is 0 Å². The monoisotopic (exact) mass is 468 g/mol. The van der Waals surface area contributed by atoms with Gasteiger partial charge in [0.25, 0.3) is 0 Å². The van der Waals surface area contributed by atoms with E-state index in [1.54, 1.807) is 27.7 Å². The number of rotatable bonds is 8. The smallest absolute Gasteiger partial charge is 0.366 e. The molecule has 3 aliphatic rings. The van der Waals surface area contributed by atoms with Crippen LogP contribution in [0.1, 0.15) is 41.5 Å². The predicted molar refractivity (Wildman–Crippen MR) is 112 cm³/mol. The van der Waals surface area contributed by atoms with Crippen LogP contribution in [0.25, 0.3) is 0 Å². The molecule has 3 saturated heterocycles. The van der Waals surface area contributed by atoms with Gasteiger partial charge in [-0.3, -0.25) is 4.57 Å². The number of ether oxygens (including phenoxy) is 5. The zero-order chi connectivity index (χ0) is 22.6. The molecule has 176 valence electrons. The highest BCUT2D eigenvalue weighted by Gasteiger charge is 2.76. The van der Waals surface area contributed by atoms with Gasteiger partial charge in [0.1, 0.15) is 12.2 Å². The summed E-state index contributed by atoms with van der Waals surface area (Å²) in [6.07, 6.45) is -3.02. The Morgan fingerprint density at radius 1 is 0.933 bits per heavy atom. The van der Waals surface area contributed by atoms with Gasteiger partial charge in [0.2, 0.25) is 5.34 Å². The fourth-order valence-electron chi connectivity index (χ4n) is 4.28. The Morgan fingerprint density at radius 2 is 1.53 bits per heavy atom. The van der Waals surface area contributed by atoms with Gasteiger partial charge in [0, 0.05) is 0 Å². The maximum atomic E-state index is 14.4. The summed E-state index contributed by atoms with van der Waals surface area (Å²) in [4.78, 5) is 0. The van der Waals surface area contributed by atoms with E-state index >= 15 is 0 Å². The van der Waals surface area contributed by atoms with E-state index in [2.05, 4.69) is 0 Å². The molecule has 3 fully saturated rings. The van der Waals surface area contributed by atoms with Gasteiger partial charge in [-0.05, 0) is 61.2 Å². The number of hydrogen-bond donors (Lipinski definition) is 0. The molecule has 0 bridgehead atoms. The molecular weight excluding hydrogens is 431 g/mol. The Morgan fingerprint density at radius 3 is 2.00 bits per heavy atom. The molecule has 3 aliphatic heterocycles. The molecule has 0 amide bonds. The van der Waals surface area contributed by atoms with Gasteiger partial charge < -0.3 is 37.2 Å². The van der Waals surface area contributed by atoms with Gasteiger partial charge in [0.05, 0.1) is 19.8 Å². The minimum absolute atomic E-state index is 0.177. The molecule has 0 aromatic heterocycles. The lowest BCUT2D eigenvalue weighted by Crippen LogP contribution is -2.59. The molecule has 0 aromatic carbocycles. The Kier molecular flexibility index (Phi) is 6.74. The maximum Gasteiger partial charge on any atom is 0.366 e. The minimum atomic E-state index is -3.92. The zero-order valence-corrected chi connectivity index (χ0v) is 21.4. The Bertz CT molecular complexity index is 669. The summed E-state index contributed by atoms with van der Waals surface area (Å²) in [5.41, 5.74) is 0. The lowest BCUT2D eigenvalue weighted by Gasteiger charge is -2.46. The maximum absolute atomic E-state index is 14.4. The number of fused-ring (bicyclic) bond motifs is 1. The number of hydrogen-bond acceptors (Lipinski definition) is 9. The summed E-state index contributed by atoms with van der Waals surface area (Å²) < 4.78 is 63.3. The molecule has 0 unspecified atom stereocenters. The molecule has 11 heteroatoms. The minimum Gasteiger partial charge on any atom is -0.397 e. The van der Waals surface area contributed by atoms with Crippen LogP contribution in [-0.2, 0) is 41.7 Å². The second-order valence-corrected chi connectivity index (χ2v) is 16.3. The third-order valence-electron chi connectivity index (χ3n) is 5.02. The first-order chi connectivity index (χ1) is 13.7. The summed E-state index contributed by atoms with van der Waals surface area (Å²) in [6, 6.07) is 0. The van der Waals surface area contributed by atoms with Crippen molar-refractivity contribution in [1.82, 2.24) is 0 Å².